The predicted octanol–water partition coefficient (Wildman–Crippen LogP) is 4.74. The molecule has 0 aromatic heterocycles. The molecule has 0 spiro atoms. The van der Waals surface area contributed by atoms with Crippen molar-refractivity contribution >= 4 is 21.6 Å². The third-order valence-corrected chi connectivity index (χ3v) is 5.48. The number of rotatable bonds is 4. The van der Waals surface area contributed by atoms with Crippen molar-refractivity contribution in [3.63, 3.8) is 0 Å². The van der Waals surface area contributed by atoms with Crippen LogP contribution in [-0.4, -0.2) is 20.1 Å². The molecule has 0 radical (unpaired) electrons. The first-order chi connectivity index (χ1) is 9.54. The van der Waals surface area contributed by atoms with Crippen LogP contribution in [0.3, 0.4) is 0 Å². The number of benzene rings is 1. The van der Waals surface area contributed by atoms with Gasteiger partial charge in [0.15, 0.2) is 0 Å². The number of nitrogens with one attached hydrogen (secondary N) is 1. The van der Waals surface area contributed by atoms with E-state index >= 15 is 0 Å². The van der Waals surface area contributed by atoms with Gasteiger partial charge < -0.3 is 10.2 Å². The van der Waals surface area contributed by atoms with Gasteiger partial charge in [-0.05, 0) is 66.4 Å². The van der Waals surface area contributed by atoms with Gasteiger partial charge >= 0.3 is 0 Å². The maximum atomic E-state index is 3.76. The SMILES string of the molecule is CNC(C)c1ccc(N(C)C2CCCCC2C)c(Br)c1. The van der Waals surface area contributed by atoms with Crippen LogP contribution < -0.4 is 10.2 Å². The quantitative estimate of drug-likeness (QED) is 0.852. The largest absolute Gasteiger partial charge is 0.370 e. The minimum Gasteiger partial charge on any atom is -0.370 e. The monoisotopic (exact) mass is 338 g/mol. The topological polar surface area (TPSA) is 15.3 Å². The molecule has 3 atom stereocenters. The van der Waals surface area contributed by atoms with Crippen LogP contribution in [0.2, 0.25) is 0 Å². The van der Waals surface area contributed by atoms with E-state index < -0.39 is 0 Å². The zero-order valence-electron chi connectivity index (χ0n) is 13.1. The Kier molecular flexibility index (Phi) is 5.50. The lowest BCUT2D eigenvalue weighted by Gasteiger charge is -2.38. The molecule has 1 fully saturated rings. The van der Waals surface area contributed by atoms with Crippen LogP contribution in [0.15, 0.2) is 22.7 Å². The zero-order valence-corrected chi connectivity index (χ0v) is 14.7. The first-order valence-electron chi connectivity index (χ1n) is 7.74. The van der Waals surface area contributed by atoms with E-state index in [9.17, 15) is 0 Å². The minimum atomic E-state index is 0.388. The Morgan fingerprint density at radius 2 is 2.00 bits per heavy atom. The normalized spacial score (nSPS) is 24.4. The fourth-order valence-electron chi connectivity index (χ4n) is 3.30. The molecule has 0 saturated heterocycles. The number of hydrogen-bond acceptors (Lipinski definition) is 2. The fourth-order valence-corrected chi connectivity index (χ4v) is 3.97. The molecule has 1 aromatic rings. The van der Waals surface area contributed by atoms with Gasteiger partial charge in [-0.2, -0.15) is 0 Å². The number of anilines is 1. The summed E-state index contributed by atoms with van der Waals surface area (Å²) >= 11 is 3.76. The van der Waals surface area contributed by atoms with E-state index in [1.165, 1.54) is 41.4 Å². The zero-order chi connectivity index (χ0) is 14.7. The molecule has 0 heterocycles. The van der Waals surface area contributed by atoms with Gasteiger partial charge in [0.05, 0.1) is 5.69 Å². The molecule has 0 amide bonds. The van der Waals surface area contributed by atoms with Crippen molar-refractivity contribution < 1.29 is 0 Å². The molecule has 1 aliphatic rings. The average Bonchev–Trinajstić information content (AvgIpc) is 2.46. The second-order valence-electron chi connectivity index (χ2n) is 6.16. The Balaban J connectivity index is 2.19. The van der Waals surface area contributed by atoms with E-state index in [0.717, 1.165) is 5.92 Å². The van der Waals surface area contributed by atoms with Gasteiger partial charge in [-0.15, -0.1) is 0 Å². The van der Waals surface area contributed by atoms with Gasteiger partial charge in [-0.3, -0.25) is 0 Å². The molecule has 20 heavy (non-hydrogen) atoms. The molecular weight excluding hydrogens is 312 g/mol. The molecule has 3 unspecified atom stereocenters. The van der Waals surface area contributed by atoms with Crippen molar-refractivity contribution in [2.45, 2.75) is 51.6 Å². The van der Waals surface area contributed by atoms with E-state index in [0.29, 0.717) is 12.1 Å². The van der Waals surface area contributed by atoms with Gasteiger partial charge in [-0.1, -0.05) is 25.8 Å². The van der Waals surface area contributed by atoms with Crippen LogP contribution in [0.4, 0.5) is 5.69 Å². The maximum Gasteiger partial charge on any atom is 0.0510 e. The van der Waals surface area contributed by atoms with Gasteiger partial charge in [0.25, 0.3) is 0 Å². The molecule has 2 nitrogen and oxygen atoms in total. The Morgan fingerprint density at radius 3 is 2.60 bits per heavy atom. The van der Waals surface area contributed by atoms with Crippen molar-refractivity contribution in [2.24, 2.45) is 5.92 Å². The van der Waals surface area contributed by atoms with Gasteiger partial charge in [0, 0.05) is 23.6 Å². The molecule has 1 saturated carbocycles. The first-order valence-corrected chi connectivity index (χ1v) is 8.53. The van der Waals surface area contributed by atoms with E-state index in [2.05, 4.69) is 65.2 Å². The maximum absolute atomic E-state index is 3.76. The molecule has 1 N–H and O–H groups in total. The van der Waals surface area contributed by atoms with Crippen molar-refractivity contribution in [1.29, 1.82) is 0 Å². The van der Waals surface area contributed by atoms with Crippen molar-refractivity contribution in [2.75, 3.05) is 19.0 Å². The summed E-state index contributed by atoms with van der Waals surface area (Å²) in [6.07, 6.45) is 5.44. The van der Waals surface area contributed by atoms with Crippen molar-refractivity contribution in [1.82, 2.24) is 5.32 Å². The van der Waals surface area contributed by atoms with Crippen LogP contribution in [-0.2, 0) is 0 Å². The second kappa shape index (κ2) is 6.95. The number of hydrogen-bond donors (Lipinski definition) is 1. The highest BCUT2D eigenvalue weighted by atomic mass is 79.9. The molecule has 3 heteroatoms. The van der Waals surface area contributed by atoms with E-state index in [-0.39, 0.29) is 0 Å². The third-order valence-electron chi connectivity index (χ3n) is 4.85. The van der Waals surface area contributed by atoms with Gasteiger partial charge in [-0.25, -0.2) is 0 Å². The Bertz CT molecular complexity index is 447. The summed E-state index contributed by atoms with van der Waals surface area (Å²) in [4.78, 5) is 2.47. The predicted molar refractivity (Wildman–Crippen MR) is 91.4 cm³/mol. The standard InChI is InChI=1S/C17H27BrN2/c1-12-7-5-6-8-16(12)20(4)17-10-9-14(11-15(17)18)13(2)19-3/h9-13,16,19H,5-8H2,1-4H3. The minimum absolute atomic E-state index is 0.388. The molecular formula is C17H27BrN2. The van der Waals surface area contributed by atoms with Crippen LogP contribution >= 0.6 is 15.9 Å². The lowest BCUT2D eigenvalue weighted by molar-refractivity contribution is 0.321. The highest BCUT2D eigenvalue weighted by Crippen LogP contribution is 2.35. The summed E-state index contributed by atoms with van der Waals surface area (Å²) < 4.78 is 1.21. The Labute approximate surface area is 132 Å². The Morgan fingerprint density at radius 1 is 1.30 bits per heavy atom. The highest BCUT2D eigenvalue weighted by Gasteiger charge is 2.26. The fraction of sp³-hybridized carbons (Fsp3) is 0.647. The number of halogens is 1. The molecule has 2 rings (SSSR count). The molecule has 112 valence electrons. The summed E-state index contributed by atoms with van der Waals surface area (Å²) in [5.74, 6) is 0.788. The highest BCUT2D eigenvalue weighted by molar-refractivity contribution is 9.10. The summed E-state index contributed by atoms with van der Waals surface area (Å²) in [6, 6.07) is 7.81. The van der Waals surface area contributed by atoms with Gasteiger partial charge in [0.2, 0.25) is 0 Å². The van der Waals surface area contributed by atoms with Crippen LogP contribution in [0.1, 0.15) is 51.1 Å². The number of nitrogens with zero attached hydrogens (tertiary/aromatic N) is 1. The Hall–Kier alpha value is -0.540. The van der Waals surface area contributed by atoms with E-state index in [1.54, 1.807) is 0 Å². The first kappa shape index (κ1) is 15.8. The molecule has 0 bridgehead atoms. The lowest BCUT2D eigenvalue weighted by Crippen LogP contribution is -2.39. The van der Waals surface area contributed by atoms with E-state index in [1.807, 2.05) is 7.05 Å². The summed E-state index contributed by atoms with van der Waals surface area (Å²) in [5.41, 5.74) is 2.64. The van der Waals surface area contributed by atoms with Crippen LogP contribution in [0.25, 0.3) is 0 Å². The van der Waals surface area contributed by atoms with Gasteiger partial charge in [0.1, 0.15) is 0 Å². The lowest BCUT2D eigenvalue weighted by atomic mass is 9.85. The summed E-state index contributed by atoms with van der Waals surface area (Å²) in [7, 11) is 4.25. The smallest absolute Gasteiger partial charge is 0.0510 e. The average molecular weight is 339 g/mol. The van der Waals surface area contributed by atoms with Crippen molar-refractivity contribution in [3.8, 4) is 0 Å². The second-order valence-corrected chi connectivity index (χ2v) is 7.02. The third kappa shape index (κ3) is 3.37. The van der Waals surface area contributed by atoms with E-state index in [4.69, 9.17) is 0 Å². The molecule has 1 aromatic carbocycles. The summed E-state index contributed by atoms with van der Waals surface area (Å²) in [6.45, 7) is 4.58. The molecule has 0 aliphatic heterocycles. The van der Waals surface area contributed by atoms with Crippen LogP contribution in [0.5, 0.6) is 0 Å². The van der Waals surface area contributed by atoms with Crippen molar-refractivity contribution in [3.05, 3.63) is 28.2 Å². The molecule has 1 aliphatic carbocycles. The summed E-state index contributed by atoms with van der Waals surface area (Å²) in [5, 5.41) is 3.29. The van der Waals surface area contributed by atoms with Crippen LogP contribution in [0, 0.1) is 5.92 Å².